The number of hydrogen-bond donors (Lipinski definition) is 2. The van der Waals surface area contributed by atoms with Crippen LogP contribution in [0.2, 0.25) is 0 Å². The molecule has 0 aliphatic carbocycles. The molecular formula is C14H21NO2. The van der Waals surface area contributed by atoms with Gasteiger partial charge in [-0.1, -0.05) is 25.0 Å². The molecule has 2 unspecified atom stereocenters. The summed E-state index contributed by atoms with van der Waals surface area (Å²) in [4.78, 5) is 0. The Labute approximate surface area is 103 Å². The molecule has 0 spiro atoms. The predicted octanol–water partition coefficient (Wildman–Crippen LogP) is 2.26. The van der Waals surface area contributed by atoms with Gasteiger partial charge in [-0.25, -0.2) is 0 Å². The van der Waals surface area contributed by atoms with Crippen molar-refractivity contribution in [2.24, 2.45) is 0 Å². The van der Waals surface area contributed by atoms with E-state index in [0.29, 0.717) is 0 Å². The van der Waals surface area contributed by atoms with E-state index in [1.54, 1.807) is 7.11 Å². The van der Waals surface area contributed by atoms with Crippen LogP contribution in [0.25, 0.3) is 0 Å². The molecule has 2 rings (SSSR count). The molecule has 0 aromatic heterocycles. The second-order valence-electron chi connectivity index (χ2n) is 4.63. The Morgan fingerprint density at radius 3 is 2.71 bits per heavy atom. The maximum atomic E-state index is 10.3. The van der Waals surface area contributed by atoms with Crippen molar-refractivity contribution < 1.29 is 9.84 Å². The van der Waals surface area contributed by atoms with Crippen molar-refractivity contribution in [3.8, 4) is 5.75 Å². The molecule has 0 saturated carbocycles. The maximum absolute atomic E-state index is 10.3. The van der Waals surface area contributed by atoms with Crippen LogP contribution in [0.1, 0.15) is 37.4 Å². The summed E-state index contributed by atoms with van der Waals surface area (Å²) in [7, 11) is 1.65. The van der Waals surface area contributed by atoms with Gasteiger partial charge in [-0.05, 0) is 37.1 Å². The SMILES string of the molecule is COc1ccc(C(O)C2CCCCCN2)cc1. The summed E-state index contributed by atoms with van der Waals surface area (Å²) in [5.41, 5.74) is 0.963. The van der Waals surface area contributed by atoms with E-state index < -0.39 is 6.10 Å². The standard InChI is InChI=1S/C14H21NO2/c1-17-12-8-6-11(7-9-12)14(16)13-5-3-2-4-10-15-13/h6-9,13-16H,2-5,10H2,1H3. The monoisotopic (exact) mass is 235 g/mol. The van der Waals surface area contributed by atoms with Crippen LogP contribution < -0.4 is 10.1 Å². The Morgan fingerprint density at radius 2 is 2.00 bits per heavy atom. The number of nitrogens with one attached hydrogen (secondary N) is 1. The number of aliphatic hydroxyl groups excluding tert-OH is 1. The fourth-order valence-electron chi connectivity index (χ4n) is 2.36. The molecule has 3 heteroatoms. The second kappa shape index (κ2) is 6.03. The molecule has 17 heavy (non-hydrogen) atoms. The lowest BCUT2D eigenvalue weighted by Crippen LogP contribution is -2.34. The normalized spacial score (nSPS) is 22.8. The average Bonchev–Trinajstić information content (AvgIpc) is 2.67. The number of aliphatic hydroxyl groups is 1. The summed E-state index contributed by atoms with van der Waals surface area (Å²) >= 11 is 0. The van der Waals surface area contributed by atoms with E-state index in [4.69, 9.17) is 4.74 Å². The van der Waals surface area contributed by atoms with Gasteiger partial charge >= 0.3 is 0 Å². The van der Waals surface area contributed by atoms with E-state index in [1.807, 2.05) is 24.3 Å². The van der Waals surface area contributed by atoms with Crippen LogP contribution >= 0.6 is 0 Å². The Hall–Kier alpha value is -1.06. The minimum atomic E-state index is -0.418. The summed E-state index contributed by atoms with van der Waals surface area (Å²) in [6, 6.07) is 7.86. The second-order valence-corrected chi connectivity index (χ2v) is 4.63. The molecule has 0 bridgehead atoms. The van der Waals surface area contributed by atoms with Gasteiger partial charge in [-0.2, -0.15) is 0 Å². The fraction of sp³-hybridized carbons (Fsp3) is 0.571. The highest BCUT2D eigenvalue weighted by atomic mass is 16.5. The zero-order valence-electron chi connectivity index (χ0n) is 10.4. The van der Waals surface area contributed by atoms with Gasteiger partial charge in [0, 0.05) is 6.04 Å². The fourth-order valence-corrected chi connectivity index (χ4v) is 2.36. The first-order valence-corrected chi connectivity index (χ1v) is 6.36. The van der Waals surface area contributed by atoms with Gasteiger partial charge in [0.15, 0.2) is 0 Å². The molecule has 2 atom stereocenters. The van der Waals surface area contributed by atoms with Gasteiger partial charge in [0.2, 0.25) is 0 Å². The van der Waals surface area contributed by atoms with Crippen molar-refractivity contribution >= 4 is 0 Å². The van der Waals surface area contributed by atoms with Crippen molar-refractivity contribution in [3.05, 3.63) is 29.8 Å². The number of rotatable bonds is 3. The zero-order valence-corrected chi connectivity index (χ0v) is 10.4. The van der Waals surface area contributed by atoms with Gasteiger partial charge in [0.05, 0.1) is 13.2 Å². The Kier molecular flexibility index (Phi) is 4.40. The molecule has 1 aliphatic heterocycles. The molecule has 1 aromatic carbocycles. The molecule has 1 aromatic rings. The van der Waals surface area contributed by atoms with Crippen LogP contribution in [0, 0.1) is 0 Å². The van der Waals surface area contributed by atoms with E-state index >= 15 is 0 Å². The van der Waals surface area contributed by atoms with Crippen molar-refractivity contribution in [1.29, 1.82) is 0 Å². The summed E-state index contributed by atoms with van der Waals surface area (Å²) in [6.45, 7) is 1.01. The van der Waals surface area contributed by atoms with Crippen molar-refractivity contribution in [2.45, 2.75) is 37.8 Å². The summed E-state index contributed by atoms with van der Waals surface area (Å²) in [5, 5.41) is 13.8. The van der Waals surface area contributed by atoms with E-state index in [1.165, 1.54) is 19.3 Å². The third-order valence-electron chi connectivity index (χ3n) is 3.44. The summed E-state index contributed by atoms with van der Waals surface area (Å²) in [6.07, 6.45) is 4.31. The molecular weight excluding hydrogens is 214 g/mol. The number of hydrogen-bond acceptors (Lipinski definition) is 3. The van der Waals surface area contributed by atoms with Gasteiger partial charge in [-0.3, -0.25) is 0 Å². The molecule has 1 fully saturated rings. The van der Waals surface area contributed by atoms with Crippen molar-refractivity contribution in [2.75, 3.05) is 13.7 Å². The van der Waals surface area contributed by atoms with Gasteiger partial charge in [0.25, 0.3) is 0 Å². The lowest BCUT2D eigenvalue weighted by atomic mass is 9.98. The maximum Gasteiger partial charge on any atom is 0.118 e. The molecule has 1 saturated heterocycles. The zero-order chi connectivity index (χ0) is 12.1. The van der Waals surface area contributed by atoms with Crippen LogP contribution in [0.4, 0.5) is 0 Å². The van der Waals surface area contributed by atoms with Crippen molar-refractivity contribution in [1.82, 2.24) is 5.32 Å². The Balaban J connectivity index is 2.03. The highest BCUT2D eigenvalue weighted by Gasteiger charge is 2.21. The summed E-state index contributed by atoms with van der Waals surface area (Å²) < 4.78 is 5.12. The minimum Gasteiger partial charge on any atom is -0.497 e. The lowest BCUT2D eigenvalue weighted by Gasteiger charge is -2.22. The van der Waals surface area contributed by atoms with Crippen LogP contribution in [-0.4, -0.2) is 24.8 Å². The minimum absolute atomic E-state index is 0.186. The third kappa shape index (κ3) is 3.20. The van der Waals surface area contributed by atoms with E-state index in [2.05, 4.69) is 5.32 Å². The Morgan fingerprint density at radius 1 is 1.24 bits per heavy atom. The molecule has 0 radical (unpaired) electrons. The average molecular weight is 235 g/mol. The van der Waals surface area contributed by atoms with E-state index in [-0.39, 0.29) is 6.04 Å². The number of methoxy groups -OCH3 is 1. The molecule has 0 amide bonds. The predicted molar refractivity (Wildman–Crippen MR) is 68.2 cm³/mol. The number of benzene rings is 1. The van der Waals surface area contributed by atoms with Crippen LogP contribution in [0.3, 0.4) is 0 Å². The first-order valence-electron chi connectivity index (χ1n) is 6.36. The first-order chi connectivity index (χ1) is 8.31. The quantitative estimate of drug-likeness (QED) is 0.844. The molecule has 94 valence electrons. The van der Waals surface area contributed by atoms with Gasteiger partial charge < -0.3 is 15.2 Å². The smallest absolute Gasteiger partial charge is 0.118 e. The van der Waals surface area contributed by atoms with Crippen LogP contribution in [0.15, 0.2) is 24.3 Å². The molecule has 1 heterocycles. The Bertz CT molecular complexity index is 329. The van der Waals surface area contributed by atoms with Crippen LogP contribution in [0.5, 0.6) is 5.75 Å². The third-order valence-corrected chi connectivity index (χ3v) is 3.44. The highest BCUT2D eigenvalue weighted by molar-refractivity contribution is 5.29. The first kappa shape index (κ1) is 12.4. The van der Waals surface area contributed by atoms with Crippen molar-refractivity contribution in [3.63, 3.8) is 0 Å². The molecule has 3 nitrogen and oxygen atoms in total. The van der Waals surface area contributed by atoms with Gasteiger partial charge in [-0.15, -0.1) is 0 Å². The molecule has 1 aliphatic rings. The van der Waals surface area contributed by atoms with Gasteiger partial charge in [0.1, 0.15) is 5.75 Å². The van der Waals surface area contributed by atoms with E-state index in [9.17, 15) is 5.11 Å². The number of ether oxygens (including phenoxy) is 1. The van der Waals surface area contributed by atoms with E-state index in [0.717, 1.165) is 24.3 Å². The largest absolute Gasteiger partial charge is 0.497 e. The van der Waals surface area contributed by atoms with Crippen LogP contribution in [-0.2, 0) is 0 Å². The summed E-state index contributed by atoms with van der Waals surface area (Å²) in [5.74, 6) is 0.828. The topological polar surface area (TPSA) is 41.5 Å². The lowest BCUT2D eigenvalue weighted by molar-refractivity contribution is 0.126. The molecule has 2 N–H and O–H groups in total. The highest BCUT2D eigenvalue weighted by Crippen LogP contribution is 2.24.